The molecule has 2 aromatic carbocycles. The fourth-order valence-electron chi connectivity index (χ4n) is 2.10. The zero-order valence-corrected chi connectivity index (χ0v) is 13.4. The first-order chi connectivity index (χ1) is 11.0. The van der Waals surface area contributed by atoms with Crippen LogP contribution in [0.5, 0.6) is 5.75 Å². The first-order valence-corrected chi connectivity index (χ1v) is 7.18. The van der Waals surface area contributed by atoms with Gasteiger partial charge in [0.2, 0.25) is 0 Å². The van der Waals surface area contributed by atoms with Gasteiger partial charge in [-0.1, -0.05) is 23.8 Å². The van der Waals surface area contributed by atoms with Gasteiger partial charge in [0, 0.05) is 5.69 Å². The van der Waals surface area contributed by atoms with Crippen LogP contribution in [0, 0.1) is 13.8 Å². The molecule has 0 spiro atoms. The van der Waals surface area contributed by atoms with Crippen LogP contribution in [0.25, 0.3) is 0 Å². The first-order valence-electron chi connectivity index (χ1n) is 7.18. The molecule has 120 valence electrons. The number of amides is 1. The van der Waals surface area contributed by atoms with Crippen molar-refractivity contribution in [3.05, 3.63) is 59.2 Å². The van der Waals surface area contributed by atoms with E-state index in [1.165, 1.54) is 7.11 Å². The minimum Gasteiger partial charge on any atom is -0.497 e. The molecule has 0 aromatic heterocycles. The highest BCUT2D eigenvalue weighted by Crippen LogP contribution is 2.16. The summed E-state index contributed by atoms with van der Waals surface area (Å²) >= 11 is 0. The average Bonchev–Trinajstić information content (AvgIpc) is 2.55. The number of hydrogen-bond acceptors (Lipinski definition) is 4. The number of hydrogen-bond donors (Lipinski definition) is 1. The number of carbonyl (C=O) groups is 2. The molecule has 1 amide bonds. The summed E-state index contributed by atoms with van der Waals surface area (Å²) in [5, 5.41) is 2.73. The van der Waals surface area contributed by atoms with Crippen LogP contribution in [0.4, 0.5) is 5.69 Å². The number of aryl methyl sites for hydroxylation is 2. The Balaban J connectivity index is 1.92. The molecule has 0 saturated carbocycles. The van der Waals surface area contributed by atoms with Gasteiger partial charge in [0.1, 0.15) is 5.75 Å². The lowest BCUT2D eigenvalue weighted by molar-refractivity contribution is -0.119. The highest BCUT2D eigenvalue weighted by Gasteiger charge is 2.11. The van der Waals surface area contributed by atoms with E-state index in [2.05, 4.69) is 5.32 Å². The normalized spacial score (nSPS) is 10.0. The molecule has 0 radical (unpaired) electrons. The van der Waals surface area contributed by atoms with Crippen LogP contribution in [0.15, 0.2) is 42.5 Å². The lowest BCUT2D eigenvalue weighted by Gasteiger charge is -2.10. The number of ether oxygens (including phenoxy) is 2. The van der Waals surface area contributed by atoms with Crippen molar-refractivity contribution in [1.29, 1.82) is 0 Å². The van der Waals surface area contributed by atoms with Crippen molar-refractivity contribution in [3.63, 3.8) is 0 Å². The molecule has 5 nitrogen and oxygen atoms in total. The third-order valence-corrected chi connectivity index (χ3v) is 3.30. The van der Waals surface area contributed by atoms with Crippen molar-refractivity contribution < 1.29 is 19.1 Å². The van der Waals surface area contributed by atoms with Gasteiger partial charge in [-0.25, -0.2) is 4.79 Å². The third-order valence-electron chi connectivity index (χ3n) is 3.30. The molecule has 1 N–H and O–H groups in total. The predicted molar refractivity (Wildman–Crippen MR) is 87.8 cm³/mol. The Hall–Kier alpha value is -2.82. The molecule has 5 heteroatoms. The Morgan fingerprint density at radius 2 is 1.87 bits per heavy atom. The van der Waals surface area contributed by atoms with Gasteiger partial charge >= 0.3 is 5.97 Å². The van der Waals surface area contributed by atoms with Crippen molar-refractivity contribution >= 4 is 17.6 Å². The van der Waals surface area contributed by atoms with Crippen LogP contribution in [0.1, 0.15) is 21.5 Å². The Labute approximate surface area is 135 Å². The molecule has 0 aliphatic carbocycles. The maximum atomic E-state index is 11.9. The Kier molecular flexibility index (Phi) is 5.36. The summed E-state index contributed by atoms with van der Waals surface area (Å²) in [6.07, 6.45) is 0. The van der Waals surface area contributed by atoms with Crippen molar-refractivity contribution in [3.8, 4) is 5.75 Å². The minimum atomic E-state index is -0.570. The van der Waals surface area contributed by atoms with Crippen LogP contribution in [0.2, 0.25) is 0 Å². The van der Waals surface area contributed by atoms with Crippen molar-refractivity contribution in [2.75, 3.05) is 19.0 Å². The van der Waals surface area contributed by atoms with Gasteiger partial charge in [0.05, 0.1) is 12.7 Å². The summed E-state index contributed by atoms with van der Waals surface area (Å²) in [6.45, 7) is 3.54. The largest absolute Gasteiger partial charge is 0.497 e. The molecule has 0 aliphatic heterocycles. The molecule has 2 rings (SSSR count). The fourth-order valence-corrected chi connectivity index (χ4v) is 2.10. The number of rotatable bonds is 5. The molecule has 0 atom stereocenters. The van der Waals surface area contributed by atoms with Crippen LogP contribution in [-0.4, -0.2) is 25.6 Å². The lowest BCUT2D eigenvalue weighted by Crippen LogP contribution is -2.21. The highest BCUT2D eigenvalue weighted by atomic mass is 16.5. The summed E-state index contributed by atoms with van der Waals surface area (Å²) in [6, 6.07) is 12.3. The molecule has 0 saturated heterocycles. The van der Waals surface area contributed by atoms with Crippen LogP contribution < -0.4 is 10.1 Å². The van der Waals surface area contributed by atoms with E-state index in [0.29, 0.717) is 17.0 Å². The molecule has 0 fully saturated rings. The zero-order chi connectivity index (χ0) is 16.8. The summed E-state index contributed by atoms with van der Waals surface area (Å²) < 4.78 is 10.1. The van der Waals surface area contributed by atoms with E-state index in [0.717, 1.165) is 11.1 Å². The number of anilines is 1. The van der Waals surface area contributed by atoms with E-state index in [1.54, 1.807) is 24.3 Å². The van der Waals surface area contributed by atoms with Crippen molar-refractivity contribution in [2.24, 2.45) is 0 Å². The second-order valence-electron chi connectivity index (χ2n) is 5.17. The Morgan fingerprint density at radius 1 is 1.09 bits per heavy atom. The topological polar surface area (TPSA) is 64.6 Å². The molecule has 0 heterocycles. The monoisotopic (exact) mass is 313 g/mol. The number of benzene rings is 2. The van der Waals surface area contributed by atoms with Crippen molar-refractivity contribution in [2.45, 2.75) is 13.8 Å². The fraction of sp³-hybridized carbons (Fsp3) is 0.222. The van der Waals surface area contributed by atoms with E-state index < -0.39 is 5.97 Å². The second kappa shape index (κ2) is 7.45. The van der Waals surface area contributed by atoms with Gasteiger partial charge in [-0.3, -0.25) is 4.79 Å². The molecule has 0 bridgehead atoms. The lowest BCUT2D eigenvalue weighted by atomic mass is 10.1. The van der Waals surface area contributed by atoms with Gasteiger partial charge in [0.25, 0.3) is 5.91 Å². The quantitative estimate of drug-likeness (QED) is 0.861. The molecular formula is C18H19NO4. The van der Waals surface area contributed by atoms with E-state index in [9.17, 15) is 9.59 Å². The van der Waals surface area contributed by atoms with E-state index >= 15 is 0 Å². The molecule has 23 heavy (non-hydrogen) atoms. The Bertz CT molecular complexity index is 725. The molecule has 0 aliphatic rings. The van der Waals surface area contributed by atoms with E-state index in [4.69, 9.17) is 9.47 Å². The number of nitrogens with one attached hydrogen (secondary N) is 1. The summed E-state index contributed by atoms with van der Waals surface area (Å²) in [7, 11) is 1.52. The summed E-state index contributed by atoms with van der Waals surface area (Å²) in [4.78, 5) is 23.8. The smallest absolute Gasteiger partial charge is 0.338 e. The van der Waals surface area contributed by atoms with E-state index in [-0.39, 0.29) is 12.5 Å². The van der Waals surface area contributed by atoms with Gasteiger partial charge in [-0.15, -0.1) is 0 Å². The Morgan fingerprint density at radius 3 is 2.57 bits per heavy atom. The summed E-state index contributed by atoms with van der Waals surface area (Å²) in [5.74, 6) is -0.396. The van der Waals surface area contributed by atoms with Crippen LogP contribution in [-0.2, 0) is 9.53 Å². The third kappa shape index (κ3) is 4.57. The molecular weight excluding hydrogens is 294 g/mol. The second-order valence-corrected chi connectivity index (χ2v) is 5.17. The van der Waals surface area contributed by atoms with Gasteiger partial charge in [-0.05, 0) is 43.7 Å². The standard InChI is InChI=1S/C18H19NO4/c1-12-7-8-16(13(2)9-12)19-17(20)11-23-18(21)14-5-4-6-15(10-14)22-3/h4-10H,11H2,1-3H3,(H,19,20). The van der Waals surface area contributed by atoms with Gasteiger partial charge in [0.15, 0.2) is 6.61 Å². The van der Waals surface area contributed by atoms with Crippen LogP contribution in [0.3, 0.4) is 0 Å². The maximum absolute atomic E-state index is 11.9. The number of methoxy groups -OCH3 is 1. The SMILES string of the molecule is COc1cccc(C(=O)OCC(=O)Nc2ccc(C)cc2C)c1. The predicted octanol–water partition coefficient (Wildman–Crippen LogP) is 3.11. The number of carbonyl (C=O) groups excluding carboxylic acids is 2. The average molecular weight is 313 g/mol. The van der Waals surface area contributed by atoms with Gasteiger partial charge < -0.3 is 14.8 Å². The molecule has 0 unspecified atom stereocenters. The summed E-state index contributed by atoms with van der Waals surface area (Å²) in [5.41, 5.74) is 3.11. The molecule has 2 aromatic rings. The van der Waals surface area contributed by atoms with Gasteiger partial charge in [-0.2, -0.15) is 0 Å². The number of esters is 1. The minimum absolute atomic E-state index is 0.337. The van der Waals surface area contributed by atoms with Crippen LogP contribution >= 0.6 is 0 Å². The van der Waals surface area contributed by atoms with Crippen molar-refractivity contribution in [1.82, 2.24) is 0 Å². The first kappa shape index (κ1) is 16.5. The zero-order valence-electron chi connectivity index (χ0n) is 13.4. The highest BCUT2D eigenvalue weighted by molar-refractivity contribution is 5.96. The van der Waals surface area contributed by atoms with E-state index in [1.807, 2.05) is 32.0 Å². The maximum Gasteiger partial charge on any atom is 0.338 e.